The van der Waals surface area contributed by atoms with Crippen LogP contribution in [0.2, 0.25) is 0 Å². The zero-order valence-corrected chi connectivity index (χ0v) is 8.49. The summed E-state index contributed by atoms with van der Waals surface area (Å²) in [5, 5.41) is 8.58. The van der Waals surface area contributed by atoms with E-state index in [2.05, 4.69) is 4.74 Å². The molecular formula is C10H11F3O3. The second-order valence-electron chi connectivity index (χ2n) is 3.44. The zero-order chi connectivity index (χ0) is 12.4. The lowest BCUT2D eigenvalue weighted by Gasteiger charge is -2.38. The number of carbonyl (C=O) groups is 1. The third kappa shape index (κ3) is 2.11. The highest BCUT2D eigenvalue weighted by atomic mass is 19.4. The smallest absolute Gasteiger partial charge is 0.421 e. The van der Waals surface area contributed by atoms with Gasteiger partial charge in [0.15, 0.2) is 5.60 Å². The van der Waals surface area contributed by atoms with Crippen molar-refractivity contribution in [3.05, 3.63) is 24.3 Å². The summed E-state index contributed by atoms with van der Waals surface area (Å²) in [6.45, 7) is 0. The Morgan fingerprint density at radius 2 is 2.12 bits per heavy atom. The highest BCUT2D eigenvalue weighted by molar-refractivity contribution is 5.68. The maximum atomic E-state index is 12.9. The van der Waals surface area contributed by atoms with Gasteiger partial charge in [-0.1, -0.05) is 18.2 Å². The number of halogens is 3. The van der Waals surface area contributed by atoms with Crippen molar-refractivity contribution in [1.82, 2.24) is 0 Å². The summed E-state index contributed by atoms with van der Waals surface area (Å²) >= 11 is 0. The SMILES string of the molecule is COC1(C(F)(F)F)C=CC=C[C@@H]1CC(=O)O. The van der Waals surface area contributed by atoms with Gasteiger partial charge in [0, 0.05) is 13.0 Å². The normalized spacial score (nSPS) is 29.4. The first-order chi connectivity index (χ1) is 7.33. The summed E-state index contributed by atoms with van der Waals surface area (Å²) in [6.07, 6.45) is -0.644. The molecule has 0 heterocycles. The number of aliphatic carboxylic acids is 1. The highest BCUT2D eigenvalue weighted by Gasteiger charge is 2.58. The van der Waals surface area contributed by atoms with Gasteiger partial charge >= 0.3 is 12.1 Å². The quantitative estimate of drug-likeness (QED) is 0.816. The third-order valence-electron chi connectivity index (χ3n) is 2.52. The zero-order valence-electron chi connectivity index (χ0n) is 8.49. The van der Waals surface area contributed by atoms with Gasteiger partial charge in [-0.15, -0.1) is 0 Å². The summed E-state index contributed by atoms with van der Waals surface area (Å²) in [4.78, 5) is 10.5. The van der Waals surface area contributed by atoms with Crippen LogP contribution in [-0.2, 0) is 9.53 Å². The lowest BCUT2D eigenvalue weighted by molar-refractivity contribution is -0.263. The minimum atomic E-state index is -4.65. The molecule has 0 radical (unpaired) electrons. The summed E-state index contributed by atoms with van der Waals surface area (Å²) in [5.74, 6) is -2.55. The summed E-state index contributed by atoms with van der Waals surface area (Å²) in [5.41, 5.74) is -2.54. The molecule has 90 valence electrons. The Morgan fingerprint density at radius 1 is 1.50 bits per heavy atom. The average molecular weight is 236 g/mol. The molecule has 0 aliphatic heterocycles. The fourth-order valence-electron chi connectivity index (χ4n) is 1.71. The van der Waals surface area contributed by atoms with Crippen LogP contribution >= 0.6 is 0 Å². The van der Waals surface area contributed by atoms with E-state index in [0.29, 0.717) is 0 Å². The van der Waals surface area contributed by atoms with Gasteiger partial charge in [0.05, 0.1) is 6.42 Å². The van der Waals surface area contributed by atoms with E-state index in [1.807, 2.05) is 0 Å². The molecule has 1 N–H and O–H groups in total. The van der Waals surface area contributed by atoms with Gasteiger partial charge in [-0.05, 0) is 6.08 Å². The van der Waals surface area contributed by atoms with Crippen LogP contribution in [0.4, 0.5) is 13.2 Å². The Balaban J connectivity index is 3.09. The lowest BCUT2D eigenvalue weighted by atomic mass is 9.81. The molecule has 6 heteroatoms. The molecule has 0 aromatic carbocycles. The second-order valence-corrected chi connectivity index (χ2v) is 3.44. The van der Waals surface area contributed by atoms with Gasteiger partial charge < -0.3 is 9.84 Å². The van der Waals surface area contributed by atoms with E-state index in [1.54, 1.807) is 0 Å². The largest absolute Gasteiger partial charge is 0.481 e. The summed E-state index contributed by atoms with van der Waals surface area (Å²) < 4.78 is 43.2. The molecule has 16 heavy (non-hydrogen) atoms. The predicted molar refractivity (Wildman–Crippen MR) is 49.8 cm³/mol. The maximum Gasteiger partial charge on any atom is 0.421 e. The number of carboxylic acid groups (broad SMARTS) is 1. The van der Waals surface area contributed by atoms with Crippen molar-refractivity contribution >= 4 is 5.97 Å². The number of allylic oxidation sites excluding steroid dienone is 2. The fourth-order valence-corrected chi connectivity index (χ4v) is 1.71. The number of hydrogen-bond acceptors (Lipinski definition) is 2. The third-order valence-corrected chi connectivity index (χ3v) is 2.52. The highest BCUT2D eigenvalue weighted by Crippen LogP contribution is 2.43. The van der Waals surface area contributed by atoms with Crippen molar-refractivity contribution in [3.8, 4) is 0 Å². The Morgan fingerprint density at radius 3 is 2.56 bits per heavy atom. The van der Waals surface area contributed by atoms with Crippen molar-refractivity contribution in [2.45, 2.75) is 18.2 Å². The molecule has 0 saturated heterocycles. The minimum Gasteiger partial charge on any atom is -0.481 e. The van der Waals surface area contributed by atoms with Crippen LogP contribution in [0.5, 0.6) is 0 Å². The summed E-state index contributed by atoms with van der Waals surface area (Å²) in [7, 11) is 0.922. The number of methoxy groups -OCH3 is 1. The lowest BCUT2D eigenvalue weighted by Crippen LogP contribution is -2.52. The molecule has 1 rings (SSSR count). The number of carboxylic acids is 1. The first-order valence-corrected chi connectivity index (χ1v) is 4.53. The van der Waals surface area contributed by atoms with Crippen LogP contribution in [-0.4, -0.2) is 30.0 Å². The van der Waals surface area contributed by atoms with Crippen LogP contribution in [0.3, 0.4) is 0 Å². The first-order valence-electron chi connectivity index (χ1n) is 4.53. The number of rotatable bonds is 3. The van der Waals surface area contributed by atoms with E-state index in [1.165, 1.54) is 18.2 Å². The Labute approximate surface area is 90.2 Å². The van der Waals surface area contributed by atoms with Gasteiger partial charge in [0.2, 0.25) is 0 Å². The van der Waals surface area contributed by atoms with Gasteiger partial charge in [-0.3, -0.25) is 4.79 Å². The molecule has 3 nitrogen and oxygen atoms in total. The molecule has 0 saturated carbocycles. The van der Waals surface area contributed by atoms with Crippen LogP contribution in [0, 0.1) is 5.92 Å². The van der Waals surface area contributed by atoms with Crippen LogP contribution < -0.4 is 0 Å². The molecule has 0 bridgehead atoms. The predicted octanol–water partition coefficient (Wildman–Crippen LogP) is 2.15. The van der Waals surface area contributed by atoms with Crippen molar-refractivity contribution in [2.75, 3.05) is 7.11 Å². The standard InChI is InChI=1S/C10H11F3O3/c1-16-9(10(11,12)13)5-3-2-4-7(9)6-8(14)15/h2-5,7H,6H2,1H3,(H,14,15)/t7-,9?/m1/s1. The molecular weight excluding hydrogens is 225 g/mol. The van der Waals surface area contributed by atoms with E-state index in [9.17, 15) is 18.0 Å². The maximum absolute atomic E-state index is 12.9. The van der Waals surface area contributed by atoms with Gasteiger partial charge in [0.1, 0.15) is 0 Å². The van der Waals surface area contributed by atoms with Crippen LogP contribution in [0.25, 0.3) is 0 Å². The topological polar surface area (TPSA) is 46.5 Å². The molecule has 1 aliphatic carbocycles. The molecule has 0 amide bonds. The molecule has 0 aromatic rings. The van der Waals surface area contributed by atoms with E-state index < -0.39 is 30.1 Å². The Bertz CT molecular complexity index is 333. The van der Waals surface area contributed by atoms with Gasteiger partial charge in [-0.2, -0.15) is 13.2 Å². The molecule has 1 unspecified atom stereocenters. The summed E-state index contributed by atoms with van der Waals surface area (Å²) in [6, 6.07) is 0. The number of alkyl halides is 3. The van der Waals surface area contributed by atoms with Crippen LogP contribution in [0.15, 0.2) is 24.3 Å². The van der Waals surface area contributed by atoms with Gasteiger partial charge in [0.25, 0.3) is 0 Å². The fraction of sp³-hybridized carbons (Fsp3) is 0.500. The van der Waals surface area contributed by atoms with E-state index >= 15 is 0 Å². The first kappa shape index (κ1) is 12.8. The Kier molecular flexibility index (Phi) is 3.42. The van der Waals surface area contributed by atoms with Crippen molar-refractivity contribution in [1.29, 1.82) is 0 Å². The molecule has 1 aliphatic rings. The molecule has 0 aromatic heterocycles. The molecule has 0 fully saturated rings. The minimum absolute atomic E-state index is 0.631. The monoisotopic (exact) mass is 236 g/mol. The van der Waals surface area contributed by atoms with Crippen molar-refractivity contribution in [2.24, 2.45) is 5.92 Å². The number of hydrogen-bond donors (Lipinski definition) is 1. The van der Waals surface area contributed by atoms with Crippen LogP contribution in [0.1, 0.15) is 6.42 Å². The molecule has 2 atom stereocenters. The number of ether oxygens (including phenoxy) is 1. The van der Waals surface area contributed by atoms with Crippen molar-refractivity contribution in [3.63, 3.8) is 0 Å². The van der Waals surface area contributed by atoms with Gasteiger partial charge in [-0.25, -0.2) is 0 Å². The van der Waals surface area contributed by atoms with E-state index in [-0.39, 0.29) is 0 Å². The molecule has 0 spiro atoms. The average Bonchev–Trinajstić information content (AvgIpc) is 2.16. The second kappa shape index (κ2) is 4.29. The van der Waals surface area contributed by atoms with Crippen molar-refractivity contribution < 1.29 is 27.8 Å². The van der Waals surface area contributed by atoms with E-state index in [4.69, 9.17) is 5.11 Å². The van der Waals surface area contributed by atoms with E-state index in [0.717, 1.165) is 13.2 Å². The Hall–Kier alpha value is -1.30.